The third-order valence-corrected chi connectivity index (χ3v) is 7.81. The lowest BCUT2D eigenvalue weighted by Gasteiger charge is -2.45. The number of methoxy groups -OCH3 is 1. The predicted molar refractivity (Wildman–Crippen MR) is 135 cm³/mol. The second kappa shape index (κ2) is 8.89. The maximum Gasteiger partial charge on any atom is 0.253 e. The first-order valence-corrected chi connectivity index (χ1v) is 13.9. The number of aromatic nitrogens is 1. The van der Waals surface area contributed by atoms with Gasteiger partial charge in [0.25, 0.3) is 5.91 Å². The summed E-state index contributed by atoms with van der Waals surface area (Å²) in [7, 11) is -1.90. The van der Waals surface area contributed by atoms with Gasteiger partial charge in [0.15, 0.2) is 26.9 Å². The number of fused-ring (bicyclic) bond motifs is 4. The van der Waals surface area contributed by atoms with Gasteiger partial charge in [0, 0.05) is 37.8 Å². The lowest BCUT2D eigenvalue weighted by molar-refractivity contribution is -0.00995. The number of para-hydroxylation sites is 2. The molecule has 9 heteroatoms. The summed E-state index contributed by atoms with van der Waals surface area (Å²) in [5.41, 5.74) is 1.31. The van der Waals surface area contributed by atoms with Crippen molar-refractivity contribution in [3.05, 3.63) is 65.9 Å². The highest BCUT2D eigenvalue weighted by Crippen LogP contribution is 2.46. The highest BCUT2D eigenvalue weighted by atomic mass is 32.2. The van der Waals surface area contributed by atoms with Crippen molar-refractivity contribution in [3.63, 3.8) is 0 Å². The lowest BCUT2D eigenvalue weighted by Crippen LogP contribution is -2.50. The van der Waals surface area contributed by atoms with Gasteiger partial charge in [-0.1, -0.05) is 12.1 Å². The standard InChI is InChI=1S/C27H30N2O6S/c1-18(2)34-22-10-9-19(17-23(22)33-3)26(30)28-15-13-27(14-16-28)24-11-12-25(36(4,31)32)29(24)20-7-5-6-8-21(20)35-27/h5-12,17-18H,13-16H2,1-4H3. The van der Waals surface area contributed by atoms with Crippen LogP contribution in [-0.2, 0) is 15.4 Å². The fraction of sp³-hybridized carbons (Fsp3) is 0.370. The number of likely N-dealkylation sites (tertiary alicyclic amines) is 1. The number of hydrogen-bond donors (Lipinski definition) is 0. The molecule has 190 valence electrons. The van der Waals surface area contributed by atoms with E-state index in [9.17, 15) is 13.2 Å². The van der Waals surface area contributed by atoms with E-state index in [4.69, 9.17) is 14.2 Å². The maximum absolute atomic E-state index is 13.4. The van der Waals surface area contributed by atoms with Crippen LogP contribution in [0, 0.1) is 0 Å². The molecule has 0 N–H and O–H groups in total. The van der Waals surface area contributed by atoms with E-state index in [1.54, 1.807) is 40.8 Å². The van der Waals surface area contributed by atoms with Gasteiger partial charge in [0.05, 0.1) is 24.6 Å². The SMILES string of the molecule is COc1cc(C(=O)N2CCC3(CC2)Oc2ccccc2-n2c3ccc2S(C)(=O)=O)ccc1OC(C)C. The van der Waals surface area contributed by atoms with E-state index in [0.29, 0.717) is 54.4 Å². The molecule has 0 bridgehead atoms. The molecule has 3 heterocycles. The zero-order chi connectivity index (χ0) is 25.7. The van der Waals surface area contributed by atoms with Crippen LogP contribution in [0.3, 0.4) is 0 Å². The highest BCUT2D eigenvalue weighted by molar-refractivity contribution is 7.90. The molecule has 1 amide bonds. The summed E-state index contributed by atoms with van der Waals surface area (Å²) in [5, 5.41) is 0.238. The van der Waals surface area contributed by atoms with Crippen LogP contribution in [0.4, 0.5) is 0 Å². The van der Waals surface area contributed by atoms with Crippen molar-refractivity contribution in [1.82, 2.24) is 9.47 Å². The molecule has 0 saturated carbocycles. The largest absolute Gasteiger partial charge is 0.493 e. The predicted octanol–water partition coefficient (Wildman–Crippen LogP) is 4.20. The smallest absolute Gasteiger partial charge is 0.253 e. The second-order valence-corrected chi connectivity index (χ2v) is 11.5. The third kappa shape index (κ3) is 4.11. The van der Waals surface area contributed by atoms with Gasteiger partial charge in [0.1, 0.15) is 10.8 Å². The maximum atomic E-state index is 13.4. The Labute approximate surface area is 211 Å². The third-order valence-electron chi connectivity index (χ3n) is 6.73. The van der Waals surface area contributed by atoms with Crippen molar-refractivity contribution in [2.75, 3.05) is 26.5 Å². The normalized spacial score (nSPS) is 16.3. The van der Waals surface area contributed by atoms with Gasteiger partial charge >= 0.3 is 0 Å². The molecule has 1 saturated heterocycles. The topological polar surface area (TPSA) is 87.1 Å². The van der Waals surface area contributed by atoms with Gasteiger partial charge in [-0.2, -0.15) is 0 Å². The summed E-state index contributed by atoms with van der Waals surface area (Å²) in [5.74, 6) is 1.65. The molecular formula is C27H30N2O6S. The Balaban J connectivity index is 1.42. The number of ether oxygens (including phenoxy) is 3. The average Bonchev–Trinajstić information content (AvgIpc) is 3.32. The van der Waals surface area contributed by atoms with Gasteiger partial charge in [-0.25, -0.2) is 8.42 Å². The number of carbonyl (C=O) groups is 1. The van der Waals surface area contributed by atoms with Crippen molar-refractivity contribution in [2.45, 2.75) is 43.4 Å². The number of hydrogen-bond acceptors (Lipinski definition) is 6. The number of carbonyl (C=O) groups excluding carboxylic acids is 1. The number of piperidine rings is 1. The number of rotatable bonds is 5. The molecule has 0 unspecified atom stereocenters. The zero-order valence-electron chi connectivity index (χ0n) is 20.9. The molecule has 2 aliphatic heterocycles. The van der Waals surface area contributed by atoms with Crippen LogP contribution in [0.25, 0.3) is 5.69 Å². The first-order valence-electron chi connectivity index (χ1n) is 12.0. The Morgan fingerprint density at radius 2 is 1.75 bits per heavy atom. The fourth-order valence-corrected chi connectivity index (χ4v) is 5.91. The minimum atomic E-state index is -3.46. The van der Waals surface area contributed by atoms with Gasteiger partial charge < -0.3 is 19.1 Å². The molecule has 2 aromatic carbocycles. The number of amides is 1. The van der Waals surface area contributed by atoms with Crippen molar-refractivity contribution in [3.8, 4) is 22.9 Å². The Morgan fingerprint density at radius 1 is 1.03 bits per heavy atom. The van der Waals surface area contributed by atoms with Crippen molar-refractivity contribution >= 4 is 15.7 Å². The number of benzene rings is 2. The Hall–Kier alpha value is -3.46. The van der Waals surface area contributed by atoms with Crippen LogP contribution in [-0.4, -0.2) is 56.4 Å². The summed E-state index contributed by atoms with van der Waals surface area (Å²) < 4.78 is 44.7. The van der Waals surface area contributed by atoms with Crippen LogP contribution in [0.5, 0.6) is 17.2 Å². The van der Waals surface area contributed by atoms with Gasteiger partial charge in [0.2, 0.25) is 0 Å². The molecule has 8 nitrogen and oxygen atoms in total. The van der Waals surface area contributed by atoms with Gasteiger partial charge in [-0.15, -0.1) is 0 Å². The Morgan fingerprint density at radius 3 is 2.42 bits per heavy atom. The Bertz CT molecular complexity index is 1420. The molecule has 0 aliphatic carbocycles. The summed E-state index contributed by atoms with van der Waals surface area (Å²) in [6.45, 7) is 4.80. The summed E-state index contributed by atoms with van der Waals surface area (Å²) in [6.07, 6.45) is 2.27. The number of nitrogens with zero attached hydrogens (tertiary/aromatic N) is 2. The quantitative estimate of drug-likeness (QED) is 0.511. The van der Waals surface area contributed by atoms with Gasteiger partial charge in [-0.3, -0.25) is 9.36 Å². The molecule has 5 rings (SSSR count). The summed E-state index contributed by atoms with van der Waals surface area (Å²) in [4.78, 5) is 15.2. The molecule has 0 atom stereocenters. The van der Waals surface area contributed by atoms with Crippen LogP contribution in [0.2, 0.25) is 0 Å². The first-order chi connectivity index (χ1) is 17.1. The van der Waals surface area contributed by atoms with Crippen molar-refractivity contribution in [2.24, 2.45) is 0 Å². The average molecular weight is 511 g/mol. The van der Waals surface area contributed by atoms with E-state index in [1.807, 2.05) is 44.2 Å². The molecular weight excluding hydrogens is 480 g/mol. The number of sulfone groups is 1. The summed E-state index contributed by atoms with van der Waals surface area (Å²) in [6, 6.07) is 16.2. The summed E-state index contributed by atoms with van der Waals surface area (Å²) >= 11 is 0. The van der Waals surface area contributed by atoms with Crippen molar-refractivity contribution < 1.29 is 27.4 Å². The molecule has 0 radical (unpaired) electrons. The van der Waals surface area contributed by atoms with Crippen LogP contribution in [0.15, 0.2) is 59.6 Å². The monoisotopic (exact) mass is 510 g/mol. The van der Waals surface area contributed by atoms with E-state index in [0.717, 1.165) is 5.69 Å². The minimum Gasteiger partial charge on any atom is -0.493 e. The van der Waals surface area contributed by atoms with Gasteiger partial charge in [-0.05, 0) is 56.3 Å². The lowest BCUT2D eigenvalue weighted by atomic mass is 9.86. The molecule has 1 aromatic heterocycles. The first kappa shape index (κ1) is 24.2. The van der Waals surface area contributed by atoms with Crippen LogP contribution < -0.4 is 14.2 Å². The van der Waals surface area contributed by atoms with E-state index in [-0.39, 0.29) is 17.0 Å². The molecule has 36 heavy (non-hydrogen) atoms. The Kier molecular flexibility index (Phi) is 5.98. The fourth-order valence-electron chi connectivity index (χ4n) is 5.07. The molecule has 1 fully saturated rings. The molecule has 1 spiro atoms. The van der Waals surface area contributed by atoms with Crippen LogP contribution in [0.1, 0.15) is 42.7 Å². The van der Waals surface area contributed by atoms with E-state index in [2.05, 4.69) is 0 Å². The van der Waals surface area contributed by atoms with E-state index in [1.165, 1.54) is 6.26 Å². The highest BCUT2D eigenvalue weighted by Gasteiger charge is 2.46. The second-order valence-electron chi connectivity index (χ2n) is 9.55. The molecule has 2 aliphatic rings. The molecule has 3 aromatic rings. The zero-order valence-corrected chi connectivity index (χ0v) is 21.7. The van der Waals surface area contributed by atoms with Crippen molar-refractivity contribution in [1.29, 1.82) is 0 Å². The van der Waals surface area contributed by atoms with Crippen LogP contribution >= 0.6 is 0 Å². The van der Waals surface area contributed by atoms with E-state index >= 15 is 0 Å². The minimum absolute atomic E-state index is 0.0125. The van der Waals surface area contributed by atoms with E-state index < -0.39 is 15.4 Å².